The van der Waals surface area contributed by atoms with Gasteiger partial charge in [0.1, 0.15) is 5.82 Å². The second kappa shape index (κ2) is 5.15. The molecule has 0 fully saturated rings. The number of hydrogen-bond acceptors (Lipinski definition) is 3. The van der Waals surface area contributed by atoms with Gasteiger partial charge in [-0.15, -0.1) is 11.3 Å². The largest absolute Gasteiger partial charge is 0.381 e. The number of aromatic nitrogens is 1. The fourth-order valence-electron chi connectivity index (χ4n) is 1.84. The van der Waals surface area contributed by atoms with Crippen molar-refractivity contribution >= 4 is 38.8 Å². The van der Waals surface area contributed by atoms with Crippen LogP contribution in [-0.4, -0.2) is 4.98 Å². The van der Waals surface area contributed by atoms with E-state index in [4.69, 9.17) is 11.6 Å². The fraction of sp³-hybridized carbons (Fsp3) is 0.0714. The van der Waals surface area contributed by atoms with Crippen LogP contribution < -0.4 is 5.32 Å². The summed E-state index contributed by atoms with van der Waals surface area (Å²) in [7, 11) is 0. The van der Waals surface area contributed by atoms with Crippen LogP contribution in [0.2, 0.25) is 5.02 Å². The van der Waals surface area contributed by atoms with Crippen molar-refractivity contribution in [2.45, 2.75) is 6.54 Å². The minimum Gasteiger partial charge on any atom is -0.381 e. The second-order valence-electron chi connectivity index (χ2n) is 4.12. The number of nitrogens with one attached hydrogen (secondary N) is 1. The van der Waals surface area contributed by atoms with Gasteiger partial charge in [0.05, 0.1) is 15.7 Å². The van der Waals surface area contributed by atoms with E-state index >= 15 is 0 Å². The van der Waals surface area contributed by atoms with Gasteiger partial charge in [-0.3, -0.25) is 0 Å². The molecule has 0 bridgehead atoms. The zero-order valence-corrected chi connectivity index (χ0v) is 11.4. The van der Waals surface area contributed by atoms with E-state index in [1.54, 1.807) is 23.5 Å². The number of nitrogens with zero attached hydrogens (tertiary/aromatic N) is 1. The molecule has 0 spiro atoms. The van der Waals surface area contributed by atoms with Crippen molar-refractivity contribution in [2.24, 2.45) is 0 Å². The van der Waals surface area contributed by atoms with Crippen LogP contribution in [0.15, 0.2) is 41.9 Å². The molecule has 3 aromatic rings. The van der Waals surface area contributed by atoms with E-state index in [-0.39, 0.29) is 5.82 Å². The number of hydrogen-bond donors (Lipinski definition) is 1. The van der Waals surface area contributed by atoms with Crippen molar-refractivity contribution in [1.82, 2.24) is 4.98 Å². The van der Waals surface area contributed by atoms with E-state index in [2.05, 4.69) is 10.3 Å². The molecular weight excluding hydrogens is 283 g/mol. The maximum absolute atomic E-state index is 13.6. The first kappa shape index (κ1) is 12.4. The zero-order chi connectivity index (χ0) is 13.2. The number of benzene rings is 2. The molecule has 2 nitrogen and oxygen atoms in total. The van der Waals surface area contributed by atoms with E-state index in [0.29, 0.717) is 17.1 Å². The first-order valence-corrected chi connectivity index (χ1v) is 6.99. The average Bonchev–Trinajstić information content (AvgIpc) is 2.87. The van der Waals surface area contributed by atoms with E-state index in [1.807, 2.05) is 23.7 Å². The Kier molecular flexibility index (Phi) is 3.36. The quantitative estimate of drug-likeness (QED) is 0.757. The Balaban J connectivity index is 1.79. The van der Waals surface area contributed by atoms with Gasteiger partial charge in [-0.25, -0.2) is 9.37 Å². The molecule has 0 aliphatic heterocycles. The van der Waals surface area contributed by atoms with Crippen LogP contribution >= 0.6 is 22.9 Å². The lowest BCUT2D eigenvalue weighted by Gasteiger charge is -2.08. The highest BCUT2D eigenvalue weighted by molar-refractivity contribution is 7.16. The summed E-state index contributed by atoms with van der Waals surface area (Å²) in [5.41, 5.74) is 4.28. The molecule has 0 aliphatic carbocycles. The van der Waals surface area contributed by atoms with E-state index in [1.165, 1.54) is 6.07 Å². The monoisotopic (exact) mass is 292 g/mol. The average molecular weight is 293 g/mol. The van der Waals surface area contributed by atoms with Crippen molar-refractivity contribution in [3.05, 3.63) is 58.3 Å². The smallest absolute Gasteiger partial charge is 0.128 e. The topological polar surface area (TPSA) is 24.9 Å². The highest BCUT2D eigenvalue weighted by atomic mass is 35.5. The van der Waals surface area contributed by atoms with Crippen LogP contribution in [0.1, 0.15) is 5.56 Å². The van der Waals surface area contributed by atoms with E-state index in [9.17, 15) is 4.39 Å². The summed E-state index contributed by atoms with van der Waals surface area (Å²) in [5.74, 6) is -0.254. The summed E-state index contributed by atoms with van der Waals surface area (Å²) in [5, 5.41) is 3.73. The van der Waals surface area contributed by atoms with Gasteiger partial charge < -0.3 is 5.32 Å². The molecule has 0 radical (unpaired) electrons. The van der Waals surface area contributed by atoms with Gasteiger partial charge in [0.2, 0.25) is 0 Å². The summed E-state index contributed by atoms with van der Waals surface area (Å²) in [6.45, 7) is 0.400. The normalized spacial score (nSPS) is 10.8. The first-order valence-electron chi connectivity index (χ1n) is 5.73. The molecule has 1 heterocycles. The molecule has 1 N–H and O–H groups in total. The van der Waals surface area contributed by atoms with Crippen LogP contribution in [0.4, 0.5) is 10.1 Å². The Labute approximate surface area is 118 Å². The minimum atomic E-state index is -0.254. The van der Waals surface area contributed by atoms with Gasteiger partial charge >= 0.3 is 0 Å². The minimum absolute atomic E-state index is 0.254. The Bertz CT molecular complexity index is 726. The molecule has 2 aromatic carbocycles. The van der Waals surface area contributed by atoms with Crippen molar-refractivity contribution in [2.75, 3.05) is 5.32 Å². The molecular formula is C14H10ClFN2S. The Morgan fingerprint density at radius 1 is 1.21 bits per heavy atom. The summed E-state index contributed by atoms with van der Waals surface area (Å²) >= 11 is 7.44. The summed E-state index contributed by atoms with van der Waals surface area (Å²) in [6.07, 6.45) is 0. The molecule has 0 saturated heterocycles. The maximum atomic E-state index is 13.6. The number of thiazole rings is 1. The van der Waals surface area contributed by atoms with Crippen molar-refractivity contribution < 1.29 is 4.39 Å². The predicted octanol–water partition coefficient (Wildman–Crippen LogP) is 4.70. The van der Waals surface area contributed by atoms with Crippen LogP contribution in [0, 0.1) is 5.82 Å². The molecule has 1 aromatic heterocycles. The number of rotatable bonds is 3. The highest BCUT2D eigenvalue weighted by Gasteiger charge is 2.04. The number of anilines is 1. The molecule has 0 saturated carbocycles. The Morgan fingerprint density at radius 3 is 3.00 bits per heavy atom. The lowest BCUT2D eigenvalue weighted by Crippen LogP contribution is -2.01. The van der Waals surface area contributed by atoms with Crippen LogP contribution in [0.25, 0.3) is 10.2 Å². The van der Waals surface area contributed by atoms with Gasteiger partial charge in [0.25, 0.3) is 0 Å². The second-order valence-corrected chi connectivity index (χ2v) is 5.45. The lowest BCUT2D eigenvalue weighted by atomic mass is 10.2. The zero-order valence-electron chi connectivity index (χ0n) is 9.86. The van der Waals surface area contributed by atoms with Gasteiger partial charge in [-0.2, -0.15) is 0 Å². The Hall–Kier alpha value is -1.65. The molecule has 96 valence electrons. The van der Waals surface area contributed by atoms with Crippen molar-refractivity contribution in [1.29, 1.82) is 0 Å². The third kappa shape index (κ3) is 2.69. The third-order valence-corrected chi connectivity index (χ3v) is 3.85. The fourth-order valence-corrected chi connectivity index (χ4v) is 2.75. The molecule has 0 unspecified atom stereocenters. The van der Waals surface area contributed by atoms with Crippen LogP contribution in [0.3, 0.4) is 0 Å². The molecule has 3 rings (SSSR count). The Morgan fingerprint density at radius 2 is 2.11 bits per heavy atom. The van der Waals surface area contributed by atoms with Crippen LogP contribution in [0.5, 0.6) is 0 Å². The summed E-state index contributed by atoms with van der Waals surface area (Å²) < 4.78 is 14.7. The maximum Gasteiger partial charge on any atom is 0.128 e. The standard InChI is InChI=1S/C14H10ClFN2S/c15-10-1-3-12(16)9(5-10)7-17-11-2-4-13-14(6-11)19-8-18-13/h1-6,8,17H,7H2. The summed E-state index contributed by atoms with van der Waals surface area (Å²) in [6, 6.07) is 10.5. The molecule has 0 amide bonds. The third-order valence-electron chi connectivity index (χ3n) is 2.82. The predicted molar refractivity (Wildman–Crippen MR) is 78.4 cm³/mol. The SMILES string of the molecule is Fc1ccc(Cl)cc1CNc1ccc2ncsc2c1. The van der Waals surface area contributed by atoms with Gasteiger partial charge in [0.15, 0.2) is 0 Å². The van der Waals surface area contributed by atoms with Crippen molar-refractivity contribution in [3.63, 3.8) is 0 Å². The molecule has 5 heteroatoms. The van der Waals surface area contributed by atoms with E-state index < -0.39 is 0 Å². The molecule has 0 aliphatic rings. The van der Waals surface area contributed by atoms with Gasteiger partial charge in [-0.1, -0.05) is 11.6 Å². The molecule has 19 heavy (non-hydrogen) atoms. The number of fused-ring (bicyclic) bond motifs is 1. The van der Waals surface area contributed by atoms with Gasteiger partial charge in [-0.05, 0) is 36.4 Å². The number of halogens is 2. The molecule has 0 atom stereocenters. The van der Waals surface area contributed by atoms with E-state index in [0.717, 1.165) is 15.9 Å². The first-order chi connectivity index (χ1) is 9.22. The summed E-state index contributed by atoms with van der Waals surface area (Å²) in [4.78, 5) is 4.22. The lowest BCUT2D eigenvalue weighted by molar-refractivity contribution is 0.613. The van der Waals surface area contributed by atoms with Gasteiger partial charge in [0, 0.05) is 22.8 Å². The van der Waals surface area contributed by atoms with Crippen LogP contribution in [-0.2, 0) is 6.54 Å². The van der Waals surface area contributed by atoms with Crippen molar-refractivity contribution in [3.8, 4) is 0 Å². The highest BCUT2D eigenvalue weighted by Crippen LogP contribution is 2.23.